The second-order valence-electron chi connectivity index (χ2n) is 11.8. The lowest BCUT2D eigenvalue weighted by molar-refractivity contribution is 0.127. The highest BCUT2D eigenvalue weighted by molar-refractivity contribution is 7.12. The van der Waals surface area contributed by atoms with Gasteiger partial charge in [0.05, 0.1) is 0 Å². The van der Waals surface area contributed by atoms with Gasteiger partial charge in [-0.15, -0.1) is 11.3 Å². The zero-order chi connectivity index (χ0) is 24.0. The minimum absolute atomic E-state index is 0.254. The molecule has 0 bridgehead atoms. The van der Waals surface area contributed by atoms with Gasteiger partial charge in [-0.05, 0) is 79.3 Å². The minimum Gasteiger partial charge on any atom is -0.472 e. The Morgan fingerprint density at radius 2 is 1.97 bits per heavy atom. The van der Waals surface area contributed by atoms with Crippen LogP contribution in [0.1, 0.15) is 104 Å². The molecule has 3 nitrogen and oxygen atoms in total. The van der Waals surface area contributed by atoms with Crippen molar-refractivity contribution in [2.24, 2.45) is 16.8 Å². The van der Waals surface area contributed by atoms with Crippen molar-refractivity contribution in [2.75, 3.05) is 0 Å². The Kier molecular flexibility index (Phi) is 3.88. The third-order valence-electron chi connectivity index (χ3n) is 8.84. The number of allylic oxidation sites excluding steroid dienone is 1. The van der Waals surface area contributed by atoms with Crippen LogP contribution < -0.4 is 5.32 Å². The van der Waals surface area contributed by atoms with Crippen molar-refractivity contribution in [1.29, 1.82) is 0 Å². The molecular formula is C27H38N2OS. The van der Waals surface area contributed by atoms with E-state index in [2.05, 4.69) is 49.3 Å². The molecule has 1 fully saturated rings. The van der Waals surface area contributed by atoms with Gasteiger partial charge in [-0.25, -0.2) is 0 Å². The maximum atomic E-state index is 7.79. The summed E-state index contributed by atoms with van der Waals surface area (Å²) in [6, 6.07) is 0.322. The van der Waals surface area contributed by atoms with Crippen molar-refractivity contribution in [1.82, 2.24) is 5.32 Å². The average molecular weight is 442 g/mol. The molecule has 3 unspecified atom stereocenters. The van der Waals surface area contributed by atoms with E-state index in [0.717, 1.165) is 38.0 Å². The smallest absolute Gasteiger partial charge is 0.192 e. The summed E-state index contributed by atoms with van der Waals surface area (Å²) in [5.41, 5.74) is 5.51. The predicted molar refractivity (Wildman–Crippen MR) is 129 cm³/mol. The molecular weight excluding hydrogens is 400 g/mol. The number of nitrogens with zero attached hydrogens (tertiary/aromatic N) is 1. The summed E-state index contributed by atoms with van der Waals surface area (Å²) in [5.74, 6) is 1.90. The van der Waals surface area contributed by atoms with Crippen LogP contribution in [0.2, 0.25) is 0 Å². The van der Waals surface area contributed by atoms with Crippen LogP contribution in [0, 0.1) is 11.8 Å². The van der Waals surface area contributed by atoms with Gasteiger partial charge >= 0.3 is 0 Å². The quantitative estimate of drug-likeness (QED) is 0.547. The van der Waals surface area contributed by atoms with Crippen LogP contribution in [-0.2, 0) is 28.5 Å². The second kappa shape index (κ2) is 6.93. The average Bonchev–Trinajstić information content (AvgIpc) is 3.35. The molecule has 4 heteroatoms. The van der Waals surface area contributed by atoms with E-state index in [-0.39, 0.29) is 17.1 Å². The van der Waals surface area contributed by atoms with E-state index >= 15 is 0 Å². The van der Waals surface area contributed by atoms with Crippen LogP contribution in [0.3, 0.4) is 0 Å². The van der Waals surface area contributed by atoms with E-state index < -0.39 is 6.85 Å². The van der Waals surface area contributed by atoms with E-state index in [4.69, 9.17) is 8.85 Å². The molecule has 0 aromatic carbocycles. The molecule has 0 radical (unpaired) electrons. The van der Waals surface area contributed by atoms with Gasteiger partial charge in [0.2, 0.25) is 0 Å². The van der Waals surface area contributed by atoms with Crippen LogP contribution in [0.5, 0.6) is 0 Å². The minimum atomic E-state index is -2.10. The Morgan fingerprint density at radius 3 is 2.81 bits per heavy atom. The first-order valence-corrected chi connectivity index (χ1v) is 13.1. The number of hydrogen-bond acceptors (Lipinski definition) is 4. The molecule has 168 valence electrons. The number of rotatable bonds is 1. The van der Waals surface area contributed by atoms with Gasteiger partial charge in [0.1, 0.15) is 5.76 Å². The molecule has 0 saturated carbocycles. The lowest BCUT2D eigenvalue weighted by Crippen LogP contribution is -2.40. The Morgan fingerprint density at radius 1 is 1.13 bits per heavy atom. The molecule has 1 aromatic rings. The third kappa shape index (κ3) is 3.11. The fraction of sp³-hybridized carbons (Fsp3) is 0.741. The van der Waals surface area contributed by atoms with Gasteiger partial charge in [0, 0.05) is 50.4 Å². The van der Waals surface area contributed by atoms with E-state index in [1.807, 2.05) is 0 Å². The summed E-state index contributed by atoms with van der Waals surface area (Å²) in [6.45, 7) is 8.55. The van der Waals surface area contributed by atoms with Gasteiger partial charge < -0.3 is 10.1 Å². The molecule has 1 N–H and O–H groups in total. The molecule has 1 aromatic heterocycles. The van der Waals surface area contributed by atoms with E-state index in [1.54, 1.807) is 20.9 Å². The first kappa shape index (κ1) is 17.4. The van der Waals surface area contributed by atoms with Crippen molar-refractivity contribution in [2.45, 2.75) is 116 Å². The highest BCUT2D eigenvalue weighted by Gasteiger charge is 2.47. The van der Waals surface area contributed by atoms with Crippen LogP contribution in [-0.4, -0.2) is 18.0 Å². The van der Waals surface area contributed by atoms with Gasteiger partial charge in [-0.1, -0.05) is 27.7 Å². The third-order valence-corrected chi connectivity index (χ3v) is 10.5. The van der Waals surface area contributed by atoms with Crippen molar-refractivity contribution >= 4 is 17.0 Å². The SMILES string of the molecule is [2H]C([2H])([2H])C1=NC2OC3=C([C@H]4Cc5sc6c(c5CN4)C(C)(C)CCC6(C)C)CCCC3C2CC1. The van der Waals surface area contributed by atoms with Gasteiger partial charge in [0.15, 0.2) is 6.23 Å². The van der Waals surface area contributed by atoms with Crippen LogP contribution >= 0.6 is 11.3 Å². The normalized spacial score (nSPS) is 37.3. The van der Waals surface area contributed by atoms with Gasteiger partial charge in [0.25, 0.3) is 0 Å². The Labute approximate surface area is 196 Å². The summed E-state index contributed by atoms with van der Waals surface area (Å²) in [7, 11) is 0. The molecule has 3 aliphatic heterocycles. The molecule has 1 saturated heterocycles. The van der Waals surface area contributed by atoms with Crippen molar-refractivity contribution in [3.05, 3.63) is 32.2 Å². The van der Waals surface area contributed by atoms with Crippen molar-refractivity contribution < 1.29 is 8.85 Å². The largest absolute Gasteiger partial charge is 0.472 e. The van der Waals surface area contributed by atoms with E-state index in [9.17, 15) is 0 Å². The topological polar surface area (TPSA) is 33.6 Å². The number of ether oxygens (including phenoxy) is 1. The zero-order valence-corrected chi connectivity index (χ0v) is 20.3. The highest BCUT2D eigenvalue weighted by atomic mass is 32.1. The fourth-order valence-electron chi connectivity index (χ4n) is 6.98. The Hall–Kier alpha value is -1.13. The van der Waals surface area contributed by atoms with E-state index in [1.165, 1.54) is 24.8 Å². The highest BCUT2D eigenvalue weighted by Crippen LogP contribution is 2.53. The number of nitrogens with one attached hydrogen (secondary N) is 1. The van der Waals surface area contributed by atoms with Crippen molar-refractivity contribution in [3.8, 4) is 0 Å². The van der Waals surface area contributed by atoms with Crippen molar-refractivity contribution in [3.63, 3.8) is 0 Å². The summed E-state index contributed by atoms with van der Waals surface area (Å²) in [5, 5.41) is 3.92. The number of thiophene rings is 1. The molecule has 4 atom stereocenters. The standard InChI is InChI=1S/C27H38N2OS/c1-15-9-10-17-16-7-6-8-18(23(16)30-25(17)29-15)20-13-21-19(14-28-20)22-24(31-21)27(4,5)12-11-26(22,2)3/h16-17,20,25,28H,6-14H2,1-5H3/t16?,17?,20-,25?/m1/s1/i1D3. The lowest BCUT2D eigenvalue weighted by Gasteiger charge is -2.40. The van der Waals surface area contributed by atoms with Crippen LogP contribution in [0.15, 0.2) is 16.3 Å². The maximum Gasteiger partial charge on any atom is 0.192 e. The summed E-state index contributed by atoms with van der Waals surface area (Å²) >= 11 is 2.08. The number of hydrogen-bond donors (Lipinski definition) is 1. The number of aliphatic imine (C=N–C) groups is 1. The first-order chi connectivity index (χ1) is 16.0. The predicted octanol–water partition coefficient (Wildman–Crippen LogP) is 6.39. The maximum absolute atomic E-state index is 7.79. The Balaban J connectivity index is 1.32. The molecule has 4 heterocycles. The first-order valence-electron chi connectivity index (χ1n) is 13.8. The molecule has 5 aliphatic rings. The Bertz CT molecular complexity index is 1080. The van der Waals surface area contributed by atoms with Crippen LogP contribution in [0.25, 0.3) is 0 Å². The summed E-state index contributed by atoms with van der Waals surface area (Å²) < 4.78 is 29.9. The van der Waals surface area contributed by atoms with Crippen LogP contribution in [0.4, 0.5) is 0 Å². The molecule has 6 rings (SSSR count). The molecule has 31 heavy (non-hydrogen) atoms. The number of fused-ring (bicyclic) bond motifs is 6. The molecule has 2 aliphatic carbocycles. The summed E-state index contributed by atoms with van der Waals surface area (Å²) in [6.07, 6.45) is 8.15. The fourth-order valence-corrected chi connectivity index (χ4v) is 8.65. The zero-order valence-electron chi connectivity index (χ0n) is 22.4. The second-order valence-corrected chi connectivity index (χ2v) is 12.9. The van der Waals surface area contributed by atoms with Gasteiger partial charge in [-0.3, -0.25) is 4.99 Å². The summed E-state index contributed by atoms with van der Waals surface area (Å²) in [4.78, 5) is 7.80. The monoisotopic (exact) mass is 441 g/mol. The molecule has 0 amide bonds. The lowest BCUT2D eigenvalue weighted by atomic mass is 9.65. The van der Waals surface area contributed by atoms with Gasteiger partial charge in [-0.2, -0.15) is 0 Å². The molecule has 0 spiro atoms. The van der Waals surface area contributed by atoms with E-state index in [0.29, 0.717) is 30.0 Å².